The Balaban J connectivity index is 1.83. The fraction of sp³-hybridized carbons (Fsp3) is 0.125. The average Bonchev–Trinajstić information content (AvgIpc) is 3.17. The Labute approximate surface area is 146 Å². The van der Waals surface area contributed by atoms with Gasteiger partial charge >= 0.3 is 146 Å². The van der Waals surface area contributed by atoms with Crippen LogP contribution in [0.4, 0.5) is 17.6 Å². The third-order valence-electron chi connectivity index (χ3n) is 3.74. The second-order valence-electron chi connectivity index (χ2n) is 5.24. The van der Waals surface area contributed by atoms with Gasteiger partial charge in [0.1, 0.15) is 0 Å². The molecule has 1 aliphatic heterocycles. The van der Waals surface area contributed by atoms with E-state index < -0.39 is 36.2 Å². The van der Waals surface area contributed by atoms with Crippen LogP contribution in [0, 0.1) is 3.57 Å². The first-order chi connectivity index (χ1) is 11.8. The van der Waals surface area contributed by atoms with Crippen molar-refractivity contribution in [2.75, 3.05) is 0 Å². The molecule has 1 aliphatic rings. The number of fused-ring (bicyclic) bond motifs is 2. The van der Waals surface area contributed by atoms with Gasteiger partial charge in [-0.25, -0.2) is 0 Å². The van der Waals surface area contributed by atoms with Crippen molar-refractivity contribution in [2.45, 2.75) is 9.98 Å². The van der Waals surface area contributed by atoms with E-state index in [0.717, 1.165) is 0 Å². The topological polar surface area (TPSA) is 44.1 Å². The molecule has 0 saturated carbocycles. The summed E-state index contributed by atoms with van der Waals surface area (Å²) in [6.07, 6.45) is 0.679. The predicted octanol–water partition coefficient (Wildman–Crippen LogP) is 4.64. The Kier molecular flexibility index (Phi) is 3.53. The van der Waals surface area contributed by atoms with E-state index in [9.17, 15) is 22.4 Å². The zero-order valence-corrected chi connectivity index (χ0v) is 14.5. The van der Waals surface area contributed by atoms with E-state index in [-0.39, 0.29) is 24.7 Å². The number of benzene rings is 2. The molecule has 0 radical (unpaired) electrons. The van der Waals surface area contributed by atoms with Crippen molar-refractivity contribution >= 4 is 37.2 Å². The van der Waals surface area contributed by atoms with E-state index in [1.807, 2.05) is 0 Å². The number of carbonyl (C=O) groups is 1. The van der Waals surface area contributed by atoms with Crippen LogP contribution in [0.3, 0.4) is 0 Å². The van der Waals surface area contributed by atoms with Crippen molar-refractivity contribution in [1.29, 1.82) is 0 Å². The van der Waals surface area contributed by atoms with Crippen LogP contribution < -0.4 is 0 Å². The molecule has 0 atom stereocenters. The molecule has 130 valence electrons. The van der Waals surface area contributed by atoms with Gasteiger partial charge in [0, 0.05) is 0 Å². The van der Waals surface area contributed by atoms with Crippen LogP contribution in [-0.2, 0) is 9.11 Å². The Morgan fingerprint density at radius 2 is 1.68 bits per heavy atom. The van der Waals surface area contributed by atoms with Gasteiger partial charge in [-0.15, -0.1) is 0 Å². The van der Waals surface area contributed by atoms with Gasteiger partial charge < -0.3 is 0 Å². The Morgan fingerprint density at radius 1 is 1.00 bits per heavy atom. The van der Waals surface area contributed by atoms with Crippen molar-refractivity contribution in [3.63, 3.8) is 0 Å². The molecule has 2 aromatic carbocycles. The number of halogens is 5. The van der Waals surface area contributed by atoms with Gasteiger partial charge in [0.2, 0.25) is 0 Å². The van der Waals surface area contributed by atoms with Gasteiger partial charge in [-0.2, -0.15) is 0 Å². The molecule has 2 heterocycles. The zero-order chi connectivity index (χ0) is 17.8. The SMILES string of the molecule is O=C1OI(C(F)(F)C(F)(F)n2cnc3ccccc32)c2ccccc21. The number of alkyl halides is 5. The summed E-state index contributed by atoms with van der Waals surface area (Å²) in [4.78, 5) is 15.5. The fourth-order valence-electron chi connectivity index (χ4n) is 2.53. The van der Waals surface area contributed by atoms with Crippen LogP contribution in [0.1, 0.15) is 10.4 Å². The monoisotopic (exact) mass is 464 g/mol. The number of aromatic nitrogens is 2. The van der Waals surface area contributed by atoms with Gasteiger partial charge in [-0.05, 0) is 0 Å². The molecule has 0 aliphatic carbocycles. The van der Waals surface area contributed by atoms with Crippen molar-refractivity contribution in [2.24, 2.45) is 0 Å². The van der Waals surface area contributed by atoms with Crippen LogP contribution in [0.5, 0.6) is 0 Å². The maximum atomic E-state index is 14.8. The molecule has 1 aromatic heterocycles. The van der Waals surface area contributed by atoms with Gasteiger partial charge in [0.15, 0.2) is 0 Å². The number of imidazole rings is 1. The van der Waals surface area contributed by atoms with Crippen LogP contribution in [0.2, 0.25) is 0 Å². The van der Waals surface area contributed by atoms with Crippen LogP contribution in [-0.4, -0.2) is 19.4 Å². The van der Waals surface area contributed by atoms with E-state index in [4.69, 9.17) is 3.07 Å². The molecule has 0 fully saturated rings. The molecule has 25 heavy (non-hydrogen) atoms. The number of hydrogen-bond donors (Lipinski definition) is 0. The summed E-state index contributed by atoms with van der Waals surface area (Å²) in [7, 11) is 0. The Hall–Kier alpha value is -2.17. The predicted molar refractivity (Wildman–Crippen MR) is 89.4 cm³/mol. The van der Waals surface area contributed by atoms with Crippen molar-refractivity contribution in [3.05, 3.63) is 64.0 Å². The summed E-state index contributed by atoms with van der Waals surface area (Å²) in [6.45, 7) is 0. The maximum absolute atomic E-state index is 14.8. The summed E-state index contributed by atoms with van der Waals surface area (Å²) in [6, 6.07) is 6.61. The molecule has 9 heteroatoms. The van der Waals surface area contributed by atoms with Crippen molar-refractivity contribution in [3.8, 4) is 0 Å². The molecule has 0 bridgehead atoms. The molecule has 0 amide bonds. The minimum atomic E-state index is -4.59. The summed E-state index contributed by atoms with van der Waals surface area (Å²) < 4.78 is 59.5. The first kappa shape index (κ1) is 16.3. The normalized spacial score (nSPS) is 16.2. The van der Waals surface area contributed by atoms with E-state index in [2.05, 4.69) is 4.98 Å². The number of hydrogen-bond acceptors (Lipinski definition) is 3. The summed E-state index contributed by atoms with van der Waals surface area (Å²) in [5.41, 5.74) is -0.0221. The first-order valence-electron chi connectivity index (χ1n) is 7.04. The molecular formula is C16H9F4IN2O2. The number of para-hydroxylation sites is 2. The molecule has 0 saturated heterocycles. The summed E-state index contributed by atoms with van der Waals surface area (Å²) >= 11 is -4.29. The van der Waals surface area contributed by atoms with Crippen molar-refractivity contribution in [1.82, 2.24) is 9.55 Å². The molecule has 0 unspecified atom stereocenters. The minimum absolute atomic E-state index is 0.0707. The molecular weight excluding hydrogens is 455 g/mol. The van der Waals surface area contributed by atoms with Crippen LogP contribution >= 0.6 is 20.2 Å². The van der Waals surface area contributed by atoms with E-state index >= 15 is 0 Å². The molecule has 0 N–H and O–H groups in total. The second-order valence-corrected chi connectivity index (χ2v) is 9.61. The quantitative estimate of drug-likeness (QED) is 0.323. The average molecular weight is 464 g/mol. The third kappa shape index (κ3) is 2.25. The van der Waals surface area contributed by atoms with Crippen molar-refractivity contribution < 1.29 is 25.4 Å². The zero-order valence-electron chi connectivity index (χ0n) is 12.3. The van der Waals surface area contributed by atoms with Gasteiger partial charge in [-0.3, -0.25) is 0 Å². The fourth-order valence-corrected chi connectivity index (χ4v) is 6.72. The summed E-state index contributed by atoms with van der Waals surface area (Å²) in [5.74, 6) is -0.980. The van der Waals surface area contributed by atoms with Gasteiger partial charge in [0.05, 0.1) is 0 Å². The van der Waals surface area contributed by atoms with Crippen LogP contribution in [0.15, 0.2) is 54.9 Å². The molecule has 4 nitrogen and oxygen atoms in total. The Morgan fingerprint density at radius 3 is 2.48 bits per heavy atom. The van der Waals surface area contributed by atoms with Crippen LogP contribution in [0.25, 0.3) is 11.0 Å². The standard InChI is InChI=1S/C16H9F4IN2O2/c17-15(18,21-11-6-2-1-5-10(11)14(24)25-21)16(19,20)23-9-22-12-7-3-4-8-13(12)23/h1-9H. The molecule has 0 spiro atoms. The molecule has 4 rings (SSSR count). The number of rotatable bonds is 3. The number of carbonyl (C=O) groups excluding carboxylic acids is 1. The third-order valence-corrected chi connectivity index (χ3v) is 8.45. The van der Waals surface area contributed by atoms with E-state index in [1.165, 1.54) is 42.5 Å². The second kappa shape index (κ2) is 5.41. The van der Waals surface area contributed by atoms with E-state index in [1.54, 1.807) is 6.07 Å². The Bertz CT molecular complexity index is 989. The summed E-state index contributed by atoms with van der Waals surface area (Å²) in [5, 5.41) is 0. The molecule has 3 aromatic rings. The number of nitrogens with zero attached hydrogens (tertiary/aromatic N) is 2. The first-order valence-corrected chi connectivity index (χ1v) is 10.1. The van der Waals surface area contributed by atoms with Gasteiger partial charge in [0.25, 0.3) is 0 Å². The van der Waals surface area contributed by atoms with Gasteiger partial charge in [-0.1, -0.05) is 0 Å². The van der Waals surface area contributed by atoms with E-state index in [0.29, 0.717) is 6.33 Å².